The number of carbonyl (C=O) groups is 1. The second-order valence-corrected chi connectivity index (χ2v) is 8.42. The van der Waals surface area contributed by atoms with Crippen LogP contribution in [0.25, 0.3) is 28.1 Å². The molecule has 0 unspecified atom stereocenters. The molecule has 6 rings (SSSR count). The van der Waals surface area contributed by atoms with E-state index in [1.54, 1.807) is 10.9 Å². The molecule has 9 heteroatoms. The largest absolute Gasteiger partial charge is 0.492 e. The second-order valence-electron chi connectivity index (χ2n) is 8.42. The predicted molar refractivity (Wildman–Crippen MR) is 124 cm³/mol. The maximum atomic E-state index is 11.1. The Bertz CT molecular complexity index is 1530. The molecule has 0 saturated heterocycles. The van der Waals surface area contributed by atoms with Crippen LogP contribution in [0.15, 0.2) is 67.1 Å². The molecule has 168 valence electrons. The first kappa shape index (κ1) is 20.1. The summed E-state index contributed by atoms with van der Waals surface area (Å²) in [6.45, 7) is 0.440. The Labute approximate surface area is 194 Å². The molecule has 3 heterocycles. The van der Waals surface area contributed by atoms with Gasteiger partial charge in [0.1, 0.15) is 11.0 Å². The van der Waals surface area contributed by atoms with Crippen LogP contribution in [-0.4, -0.2) is 45.7 Å². The summed E-state index contributed by atoms with van der Waals surface area (Å²) in [5.74, 6) is -0.612. The Morgan fingerprint density at radius 3 is 2.53 bits per heavy atom. The topological polar surface area (TPSA) is 119 Å². The Hall–Kier alpha value is -4.53. The summed E-state index contributed by atoms with van der Waals surface area (Å²) in [4.78, 5) is 19.6. The molecule has 0 radical (unpaired) electrons. The third-order valence-corrected chi connectivity index (χ3v) is 6.07. The van der Waals surface area contributed by atoms with E-state index in [1.165, 1.54) is 46.6 Å². The van der Waals surface area contributed by atoms with Crippen molar-refractivity contribution in [1.82, 2.24) is 29.5 Å². The first-order valence-electron chi connectivity index (χ1n) is 11.0. The monoisotopic (exact) mass is 452 g/mol. The number of carboxylic acids is 1. The molecular formula is C25H20N6O3. The summed E-state index contributed by atoms with van der Waals surface area (Å²) in [5, 5.41) is 28.0. The molecular weight excluding hydrogens is 432 g/mol. The van der Waals surface area contributed by atoms with E-state index in [-0.39, 0.29) is 17.4 Å². The van der Waals surface area contributed by atoms with Crippen LogP contribution >= 0.6 is 0 Å². The van der Waals surface area contributed by atoms with Gasteiger partial charge in [0.15, 0.2) is 0 Å². The highest BCUT2D eigenvalue weighted by Crippen LogP contribution is 2.44. The van der Waals surface area contributed by atoms with Crippen molar-refractivity contribution in [2.24, 2.45) is 0 Å². The third-order valence-electron chi connectivity index (χ3n) is 6.07. The van der Waals surface area contributed by atoms with Gasteiger partial charge in [-0.3, -0.25) is 4.68 Å². The number of carboxylic acid groups (broad SMARTS) is 1. The van der Waals surface area contributed by atoms with Crippen LogP contribution in [0, 0.1) is 0 Å². The highest BCUT2D eigenvalue weighted by molar-refractivity contribution is 5.87. The molecule has 2 aromatic carbocycles. The molecule has 1 saturated carbocycles. The Morgan fingerprint density at radius 1 is 1.00 bits per heavy atom. The molecule has 0 bridgehead atoms. The van der Waals surface area contributed by atoms with E-state index in [9.17, 15) is 9.90 Å². The van der Waals surface area contributed by atoms with E-state index in [0.717, 1.165) is 5.56 Å². The molecule has 1 aliphatic carbocycles. The smallest absolute Gasteiger partial charge is 0.338 e. The minimum atomic E-state index is -1.11. The van der Waals surface area contributed by atoms with Crippen molar-refractivity contribution >= 4 is 17.0 Å². The number of rotatable bonds is 6. The van der Waals surface area contributed by atoms with E-state index in [4.69, 9.17) is 5.11 Å². The third kappa shape index (κ3) is 3.57. The first-order chi connectivity index (χ1) is 16.6. The van der Waals surface area contributed by atoms with Crippen LogP contribution in [0.3, 0.4) is 0 Å². The van der Waals surface area contributed by atoms with Crippen LogP contribution < -0.4 is 0 Å². The summed E-state index contributed by atoms with van der Waals surface area (Å²) in [7, 11) is 0. The van der Waals surface area contributed by atoms with E-state index < -0.39 is 5.97 Å². The van der Waals surface area contributed by atoms with E-state index in [0.29, 0.717) is 23.5 Å². The SMILES string of the molecule is O=C(O)c1cnn(-c2nc(O)c3c(cnn3Cc3ccc(-c4ccccc4C4CC4)cc3)n2)c1. The van der Waals surface area contributed by atoms with Crippen LogP contribution in [-0.2, 0) is 6.54 Å². The zero-order valence-corrected chi connectivity index (χ0v) is 18.0. The minimum Gasteiger partial charge on any atom is -0.492 e. The fourth-order valence-corrected chi connectivity index (χ4v) is 4.21. The molecule has 1 fully saturated rings. The van der Waals surface area contributed by atoms with Gasteiger partial charge in [-0.25, -0.2) is 14.5 Å². The summed E-state index contributed by atoms with van der Waals surface area (Å²) >= 11 is 0. The van der Waals surface area contributed by atoms with Gasteiger partial charge in [-0.2, -0.15) is 15.2 Å². The molecule has 0 atom stereocenters. The highest BCUT2D eigenvalue weighted by Gasteiger charge is 2.26. The van der Waals surface area contributed by atoms with Crippen LogP contribution in [0.5, 0.6) is 5.88 Å². The molecule has 0 spiro atoms. The van der Waals surface area contributed by atoms with E-state index in [2.05, 4.69) is 68.7 Å². The number of nitrogens with zero attached hydrogens (tertiary/aromatic N) is 6. The Kier molecular flexibility index (Phi) is 4.61. The van der Waals surface area contributed by atoms with Crippen molar-refractivity contribution in [3.05, 3.63) is 83.8 Å². The number of hydrogen-bond donors (Lipinski definition) is 2. The van der Waals surface area contributed by atoms with Gasteiger partial charge in [0.2, 0.25) is 5.88 Å². The molecule has 0 aliphatic heterocycles. The van der Waals surface area contributed by atoms with Crippen molar-refractivity contribution in [1.29, 1.82) is 0 Å². The van der Waals surface area contributed by atoms with Crippen molar-refractivity contribution in [3.8, 4) is 23.0 Å². The summed E-state index contributed by atoms with van der Waals surface area (Å²) in [5.41, 5.74) is 5.75. The van der Waals surface area contributed by atoms with E-state index >= 15 is 0 Å². The summed E-state index contributed by atoms with van der Waals surface area (Å²) < 4.78 is 2.85. The lowest BCUT2D eigenvalue weighted by Gasteiger charge is -2.10. The maximum Gasteiger partial charge on any atom is 0.338 e. The number of aromatic carboxylic acids is 1. The molecule has 3 aromatic heterocycles. The summed E-state index contributed by atoms with van der Waals surface area (Å²) in [6.07, 6.45) is 6.55. The molecule has 0 amide bonds. The Balaban J connectivity index is 1.28. The average molecular weight is 452 g/mol. The standard InChI is InChI=1S/C25H20N6O3/c32-23-22-21(28-25(29-23)31-14-18(11-26-31)24(33)34)12-27-30(22)13-15-5-7-16(8-6-15)19-3-1-2-4-20(19)17-9-10-17/h1-8,11-12,14,17H,9-10,13H2,(H,33,34)(H,28,29,32). The normalized spacial score (nSPS) is 13.4. The number of fused-ring (bicyclic) bond motifs is 1. The number of benzene rings is 2. The lowest BCUT2D eigenvalue weighted by Crippen LogP contribution is -2.05. The summed E-state index contributed by atoms with van der Waals surface area (Å²) in [6, 6.07) is 16.9. The van der Waals surface area contributed by atoms with Gasteiger partial charge in [0.05, 0.1) is 24.5 Å². The highest BCUT2D eigenvalue weighted by atomic mass is 16.4. The van der Waals surface area contributed by atoms with Gasteiger partial charge in [-0.05, 0) is 41.0 Å². The quantitative estimate of drug-likeness (QED) is 0.399. The van der Waals surface area contributed by atoms with Gasteiger partial charge in [0, 0.05) is 6.20 Å². The van der Waals surface area contributed by atoms with Gasteiger partial charge in [-0.15, -0.1) is 0 Å². The zero-order valence-electron chi connectivity index (χ0n) is 18.0. The van der Waals surface area contributed by atoms with Crippen LogP contribution in [0.4, 0.5) is 0 Å². The molecule has 34 heavy (non-hydrogen) atoms. The first-order valence-corrected chi connectivity index (χ1v) is 11.0. The van der Waals surface area contributed by atoms with Gasteiger partial charge in [-0.1, -0.05) is 48.5 Å². The molecule has 5 aromatic rings. The Morgan fingerprint density at radius 2 is 1.79 bits per heavy atom. The van der Waals surface area contributed by atoms with Crippen LogP contribution in [0.2, 0.25) is 0 Å². The average Bonchev–Trinajstić information content (AvgIpc) is 3.42. The fraction of sp³-hybridized carbons (Fsp3) is 0.160. The van der Waals surface area contributed by atoms with Gasteiger partial charge in [0.25, 0.3) is 5.95 Å². The predicted octanol–water partition coefficient (Wildman–Crippen LogP) is 4.01. The van der Waals surface area contributed by atoms with Gasteiger partial charge < -0.3 is 10.2 Å². The van der Waals surface area contributed by atoms with Crippen molar-refractivity contribution in [3.63, 3.8) is 0 Å². The number of aromatic nitrogens is 6. The van der Waals surface area contributed by atoms with Crippen molar-refractivity contribution < 1.29 is 15.0 Å². The second kappa shape index (κ2) is 7.80. The number of hydrogen-bond acceptors (Lipinski definition) is 6. The fourth-order valence-electron chi connectivity index (χ4n) is 4.21. The van der Waals surface area contributed by atoms with Gasteiger partial charge >= 0.3 is 5.97 Å². The number of aromatic hydroxyl groups is 1. The molecule has 1 aliphatic rings. The maximum absolute atomic E-state index is 11.1. The van der Waals surface area contributed by atoms with Crippen LogP contribution in [0.1, 0.15) is 40.2 Å². The van der Waals surface area contributed by atoms with Crippen molar-refractivity contribution in [2.45, 2.75) is 25.3 Å². The lowest BCUT2D eigenvalue weighted by atomic mass is 9.96. The van der Waals surface area contributed by atoms with E-state index in [1.807, 2.05) is 0 Å². The lowest BCUT2D eigenvalue weighted by molar-refractivity contribution is 0.0697. The zero-order chi connectivity index (χ0) is 23.2. The minimum absolute atomic E-state index is 0.00193. The van der Waals surface area contributed by atoms with Crippen molar-refractivity contribution in [2.75, 3.05) is 0 Å². The molecule has 2 N–H and O–H groups in total. The molecule has 9 nitrogen and oxygen atoms in total.